The van der Waals surface area contributed by atoms with Crippen molar-refractivity contribution in [1.82, 2.24) is 14.9 Å². The Hall–Kier alpha value is -2.95. The normalized spacial score (nSPS) is 10.8. The van der Waals surface area contributed by atoms with Crippen LogP contribution >= 0.6 is 0 Å². The molecule has 0 saturated heterocycles. The lowest BCUT2D eigenvalue weighted by molar-refractivity contribution is 0.0793. The summed E-state index contributed by atoms with van der Waals surface area (Å²) in [7, 11) is 1.79. The second kappa shape index (κ2) is 6.66. The van der Waals surface area contributed by atoms with Gasteiger partial charge in [-0.05, 0) is 54.8 Å². The Morgan fingerprint density at radius 1 is 1.12 bits per heavy atom. The molecule has 24 heavy (non-hydrogen) atoms. The van der Waals surface area contributed by atoms with E-state index < -0.39 is 0 Å². The van der Waals surface area contributed by atoms with Crippen molar-refractivity contribution < 1.29 is 4.79 Å². The van der Waals surface area contributed by atoms with Crippen molar-refractivity contribution in [2.45, 2.75) is 13.3 Å². The number of hydrogen-bond donors (Lipinski definition) is 1. The zero-order valence-electron chi connectivity index (χ0n) is 13.9. The summed E-state index contributed by atoms with van der Waals surface area (Å²) >= 11 is 0. The molecule has 0 atom stereocenters. The van der Waals surface area contributed by atoms with Crippen LogP contribution < -0.4 is 5.73 Å². The van der Waals surface area contributed by atoms with Crippen molar-refractivity contribution in [2.24, 2.45) is 0 Å². The van der Waals surface area contributed by atoms with Crippen molar-refractivity contribution in [3.05, 3.63) is 65.7 Å². The molecule has 0 unspecified atom stereocenters. The number of amides is 1. The summed E-state index contributed by atoms with van der Waals surface area (Å²) in [6.45, 7) is 2.58. The second-order valence-electron chi connectivity index (χ2n) is 5.94. The van der Waals surface area contributed by atoms with E-state index in [1.807, 2.05) is 37.3 Å². The number of aromatic nitrogens is 2. The molecule has 2 aromatic heterocycles. The van der Waals surface area contributed by atoms with Crippen LogP contribution in [0.5, 0.6) is 0 Å². The number of hydrogen-bond acceptors (Lipinski definition) is 4. The summed E-state index contributed by atoms with van der Waals surface area (Å²) in [6, 6.07) is 9.63. The Morgan fingerprint density at radius 3 is 2.62 bits per heavy atom. The van der Waals surface area contributed by atoms with Gasteiger partial charge in [0.05, 0.1) is 0 Å². The predicted octanol–water partition coefficient (Wildman–Crippen LogP) is 2.84. The van der Waals surface area contributed by atoms with Gasteiger partial charge in [-0.3, -0.25) is 14.8 Å². The number of benzene rings is 1. The molecular formula is C19H20N4O. The van der Waals surface area contributed by atoms with E-state index in [1.54, 1.807) is 30.5 Å². The highest BCUT2D eigenvalue weighted by Crippen LogP contribution is 2.25. The van der Waals surface area contributed by atoms with E-state index in [0.717, 1.165) is 28.3 Å². The summed E-state index contributed by atoms with van der Waals surface area (Å²) in [5, 5.41) is 1.66. The molecule has 0 fully saturated rings. The molecule has 0 aliphatic carbocycles. The number of nitrogens with two attached hydrogens (primary N) is 1. The largest absolute Gasteiger partial charge is 0.398 e. The van der Waals surface area contributed by atoms with Gasteiger partial charge in [-0.1, -0.05) is 0 Å². The molecule has 1 amide bonds. The van der Waals surface area contributed by atoms with Gasteiger partial charge in [-0.15, -0.1) is 0 Å². The van der Waals surface area contributed by atoms with Crippen LogP contribution in [0.25, 0.3) is 10.8 Å². The van der Waals surface area contributed by atoms with Gasteiger partial charge in [0.2, 0.25) is 0 Å². The first-order valence-corrected chi connectivity index (χ1v) is 7.85. The fourth-order valence-electron chi connectivity index (χ4n) is 2.76. The van der Waals surface area contributed by atoms with Crippen LogP contribution in [-0.2, 0) is 6.42 Å². The third-order valence-electron chi connectivity index (χ3n) is 4.09. The third kappa shape index (κ3) is 3.20. The van der Waals surface area contributed by atoms with E-state index in [4.69, 9.17) is 5.73 Å². The van der Waals surface area contributed by atoms with Crippen LogP contribution in [0.2, 0.25) is 0 Å². The van der Waals surface area contributed by atoms with Gasteiger partial charge < -0.3 is 10.6 Å². The number of anilines is 1. The summed E-state index contributed by atoms with van der Waals surface area (Å²) in [5.41, 5.74) is 9.35. The summed E-state index contributed by atoms with van der Waals surface area (Å²) in [5.74, 6) is -0.0975. The Balaban J connectivity index is 1.85. The quantitative estimate of drug-likeness (QED) is 0.750. The molecule has 2 heterocycles. The average Bonchev–Trinajstić information content (AvgIpc) is 2.59. The average molecular weight is 320 g/mol. The number of pyridine rings is 2. The van der Waals surface area contributed by atoms with E-state index in [1.165, 1.54) is 0 Å². The molecule has 0 bridgehead atoms. The minimum Gasteiger partial charge on any atom is -0.398 e. The zero-order chi connectivity index (χ0) is 17.1. The maximum atomic E-state index is 12.8. The summed E-state index contributed by atoms with van der Waals surface area (Å²) in [4.78, 5) is 22.8. The van der Waals surface area contributed by atoms with Gasteiger partial charge in [0.15, 0.2) is 0 Å². The van der Waals surface area contributed by atoms with Gasteiger partial charge in [-0.2, -0.15) is 0 Å². The topological polar surface area (TPSA) is 72.1 Å². The first kappa shape index (κ1) is 15.9. The fourth-order valence-corrected chi connectivity index (χ4v) is 2.76. The van der Waals surface area contributed by atoms with Crippen LogP contribution in [0.1, 0.15) is 21.6 Å². The molecule has 2 N–H and O–H groups in total. The maximum Gasteiger partial charge on any atom is 0.272 e. The van der Waals surface area contributed by atoms with Crippen LogP contribution in [0.3, 0.4) is 0 Å². The van der Waals surface area contributed by atoms with E-state index in [9.17, 15) is 4.79 Å². The Morgan fingerprint density at radius 2 is 1.88 bits per heavy atom. The van der Waals surface area contributed by atoms with Gasteiger partial charge >= 0.3 is 0 Å². The standard InChI is InChI=1S/C19H20N4O/c1-13-11-16-15(17(20)12-13)5-9-22-18(16)19(24)23(2)10-6-14-3-7-21-8-4-14/h3-5,7-9,11-12H,6,10,20H2,1-2H3. The Bertz CT molecular complexity index is 877. The Kier molecular flexibility index (Phi) is 4.42. The molecule has 0 saturated carbocycles. The zero-order valence-corrected chi connectivity index (χ0v) is 13.9. The molecular weight excluding hydrogens is 300 g/mol. The highest BCUT2D eigenvalue weighted by Gasteiger charge is 2.17. The number of nitrogen functional groups attached to an aromatic ring is 1. The monoisotopic (exact) mass is 320 g/mol. The molecule has 5 nitrogen and oxygen atoms in total. The van der Waals surface area contributed by atoms with Gasteiger partial charge in [0, 0.05) is 48.6 Å². The van der Waals surface area contributed by atoms with Crippen molar-refractivity contribution in [2.75, 3.05) is 19.3 Å². The smallest absolute Gasteiger partial charge is 0.272 e. The number of nitrogens with zero attached hydrogens (tertiary/aromatic N) is 3. The predicted molar refractivity (Wildman–Crippen MR) is 95.8 cm³/mol. The molecule has 5 heteroatoms. The lowest BCUT2D eigenvalue weighted by Gasteiger charge is -2.18. The molecule has 122 valence electrons. The molecule has 0 aliphatic rings. The van der Waals surface area contributed by atoms with Gasteiger partial charge in [0.1, 0.15) is 5.69 Å². The molecule has 1 aromatic carbocycles. The second-order valence-corrected chi connectivity index (χ2v) is 5.94. The first-order chi connectivity index (χ1) is 11.6. The van der Waals surface area contributed by atoms with Crippen LogP contribution in [0, 0.1) is 6.92 Å². The third-order valence-corrected chi connectivity index (χ3v) is 4.09. The lowest BCUT2D eigenvalue weighted by Crippen LogP contribution is -2.29. The van der Waals surface area contributed by atoms with Crippen LogP contribution in [0.4, 0.5) is 5.69 Å². The van der Waals surface area contributed by atoms with Gasteiger partial charge in [0.25, 0.3) is 5.91 Å². The van der Waals surface area contributed by atoms with Crippen LogP contribution in [-0.4, -0.2) is 34.4 Å². The fraction of sp³-hybridized carbons (Fsp3) is 0.211. The first-order valence-electron chi connectivity index (χ1n) is 7.85. The molecule has 3 aromatic rings. The number of aryl methyl sites for hydroxylation is 1. The summed E-state index contributed by atoms with van der Waals surface area (Å²) < 4.78 is 0. The van der Waals surface area contributed by atoms with E-state index >= 15 is 0 Å². The SMILES string of the molecule is Cc1cc(N)c2ccnc(C(=O)N(C)CCc3ccncc3)c2c1. The number of likely N-dealkylation sites (N-methyl/N-ethyl adjacent to an activating group) is 1. The van der Waals surface area contributed by atoms with E-state index in [-0.39, 0.29) is 5.91 Å². The maximum absolute atomic E-state index is 12.8. The minimum atomic E-state index is -0.0975. The number of fused-ring (bicyclic) bond motifs is 1. The van der Waals surface area contributed by atoms with Gasteiger partial charge in [-0.25, -0.2) is 0 Å². The number of rotatable bonds is 4. The molecule has 0 radical (unpaired) electrons. The van der Waals surface area contributed by atoms with E-state index in [2.05, 4.69) is 9.97 Å². The number of carbonyl (C=O) groups is 1. The highest BCUT2D eigenvalue weighted by molar-refractivity contribution is 6.08. The summed E-state index contributed by atoms with van der Waals surface area (Å²) in [6.07, 6.45) is 5.93. The van der Waals surface area contributed by atoms with E-state index in [0.29, 0.717) is 17.9 Å². The highest BCUT2D eigenvalue weighted by atomic mass is 16.2. The number of carbonyl (C=O) groups excluding carboxylic acids is 1. The van der Waals surface area contributed by atoms with Crippen molar-refractivity contribution in [3.63, 3.8) is 0 Å². The van der Waals surface area contributed by atoms with Crippen LogP contribution in [0.15, 0.2) is 48.9 Å². The van der Waals surface area contributed by atoms with Crippen molar-refractivity contribution in [1.29, 1.82) is 0 Å². The molecule has 3 rings (SSSR count). The minimum absolute atomic E-state index is 0.0975. The van der Waals surface area contributed by atoms with Crippen molar-refractivity contribution >= 4 is 22.4 Å². The molecule has 0 aliphatic heterocycles. The van der Waals surface area contributed by atoms with Crippen molar-refractivity contribution in [3.8, 4) is 0 Å². The lowest BCUT2D eigenvalue weighted by atomic mass is 10.0. The Labute approximate surface area is 141 Å². The molecule has 0 spiro atoms.